The van der Waals surface area contributed by atoms with Crippen molar-refractivity contribution in [2.45, 2.75) is 12.5 Å². The summed E-state index contributed by atoms with van der Waals surface area (Å²) < 4.78 is 10.4. The Morgan fingerprint density at radius 2 is 2.11 bits per heavy atom. The first-order valence-corrected chi connectivity index (χ1v) is 9.90. The number of ether oxygens (including phenoxy) is 1. The standard InChI is InChI=1S/C19H17Cl2N3O2S/c1-26-19(25)13-9-24(27-23-16-5-3-2-4-14(16)21)10-17-18(13)12-8-11(20)6-7-15(12)22-17/h2-8,13,22-23H,9-10H2,1H3. The number of aromatic amines is 1. The van der Waals surface area contributed by atoms with E-state index in [0.29, 0.717) is 23.1 Å². The summed E-state index contributed by atoms with van der Waals surface area (Å²) in [5.41, 5.74) is 3.74. The van der Waals surface area contributed by atoms with Crippen molar-refractivity contribution in [3.8, 4) is 0 Å². The summed E-state index contributed by atoms with van der Waals surface area (Å²) in [6.07, 6.45) is 0. The topological polar surface area (TPSA) is 57.4 Å². The molecule has 5 nitrogen and oxygen atoms in total. The third-order valence-corrected chi connectivity index (χ3v) is 6.01. The maximum Gasteiger partial charge on any atom is 0.314 e. The minimum absolute atomic E-state index is 0.264. The van der Waals surface area contributed by atoms with E-state index in [1.807, 2.05) is 42.5 Å². The van der Waals surface area contributed by atoms with E-state index in [0.717, 1.165) is 27.8 Å². The highest BCUT2D eigenvalue weighted by Gasteiger charge is 2.35. The smallest absolute Gasteiger partial charge is 0.314 e. The Morgan fingerprint density at radius 3 is 2.89 bits per heavy atom. The molecule has 2 aromatic carbocycles. The van der Waals surface area contributed by atoms with Gasteiger partial charge in [-0.25, -0.2) is 4.31 Å². The van der Waals surface area contributed by atoms with Crippen LogP contribution in [0, 0.1) is 0 Å². The first-order valence-electron chi connectivity index (χ1n) is 8.37. The van der Waals surface area contributed by atoms with Crippen LogP contribution in [0.4, 0.5) is 5.69 Å². The molecule has 1 aliphatic rings. The van der Waals surface area contributed by atoms with Crippen molar-refractivity contribution in [3.63, 3.8) is 0 Å². The molecule has 0 spiro atoms. The lowest BCUT2D eigenvalue weighted by atomic mass is 9.93. The molecule has 0 saturated heterocycles. The summed E-state index contributed by atoms with van der Waals surface area (Å²) in [5, 5.41) is 2.26. The van der Waals surface area contributed by atoms with Crippen molar-refractivity contribution in [1.82, 2.24) is 9.29 Å². The maximum atomic E-state index is 12.5. The van der Waals surface area contributed by atoms with Gasteiger partial charge in [0.1, 0.15) is 0 Å². The quantitative estimate of drug-likeness (QED) is 0.446. The van der Waals surface area contributed by atoms with Crippen LogP contribution in [0.5, 0.6) is 0 Å². The number of esters is 1. The van der Waals surface area contributed by atoms with Crippen molar-refractivity contribution in [3.05, 3.63) is 63.8 Å². The molecular formula is C19H17Cl2N3O2S. The van der Waals surface area contributed by atoms with E-state index in [1.54, 1.807) is 0 Å². The molecule has 3 aromatic rings. The van der Waals surface area contributed by atoms with Gasteiger partial charge in [0.05, 0.1) is 30.3 Å². The maximum absolute atomic E-state index is 12.5. The fourth-order valence-electron chi connectivity index (χ4n) is 3.36. The molecule has 4 rings (SSSR count). The molecule has 0 radical (unpaired) electrons. The molecular weight excluding hydrogens is 405 g/mol. The van der Waals surface area contributed by atoms with Gasteiger partial charge in [-0.15, -0.1) is 0 Å². The van der Waals surface area contributed by atoms with Gasteiger partial charge < -0.3 is 14.4 Å². The van der Waals surface area contributed by atoms with Crippen molar-refractivity contribution < 1.29 is 9.53 Å². The molecule has 1 aliphatic heterocycles. The molecule has 27 heavy (non-hydrogen) atoms. The van der Waals surface area contributed by atoms with Crippen LogP contribution in [0.3, 0.4) is 0 Å². The molecule has 140 valence electrons. The second kappa shape index (κ2) is 7.64. The lowest BCUT2D eigenvalue weighted by molar-refractivity contribution is -0.142. The number of nitrogens with one attached hydrogen (secondary N) is 2. The number of benzene rings is 2. The monoisotopic (exact) mass is 421 g/mol. The van der Waals surface area contributed by atoms with Gasteiger partial charge in [-0.05, 0) is 35.9 Å². The highest BCUT2D eigenvalue weighted by Crippen LogP contribution is 2.38. The fraction of sp³-hybridized carbons (Fsp3) is 0.211. The van der Waals surface area contributed by atoms with E-state index >= 15 is 0 Å². The summed E-state index contributed by atoms with van der Waals surface area (Å²) in [6.45, 7) is 1.17. The Labute approximate surface area is 171 Å². The molecule has 0 saturated carbocycles. The minimum atomic E-state index is -0.397. The van der Waals surface area contributed by atoms with Crippen LogP contribution in [0.25, 0.3) is 10.9 Å². The van der Waals surface area contributed by atoms with Gasteiger partial charge in [-0.2, -0.15) is 0 Å². The molecule has 2 heterocycles. The van der Waals surface area contributed by atoms with E-state index in [2.05, 4.69) is 14.0 Å². The number of carbonyl (C=O) groups is 1. The zero-order chi connectivity index (χ0) is 19.0. The Bertz CT molecular complexity index is 1010. The SMILES string of the molecule is COC(=O)C1CN(SNc2ccccc2Cl)Cc2[nH]c3ccc(Cl)cc3c21. The zero-order valence-corrected chi connectivity index (χ0v) is 16.8. The average molecular weight is 422 g/mol. The summed E-state index contributed by atoms with van der Waals surface area (Å²) in [7, 11) is 1.41. The second-order valence-corrected chi connectivity index (χ2v) is 8.03. The summed E-state index contributed by atoms with van der Waals surface area (Å²) in [6, 6.07) is 13.2. The van der Waals surface area contributed by atoms with Gasteiger partial charge in [0, 0.05) is 40.3 Å². The highest BCUT2D eigenvalue weighted by atomic mass is 35.5. The summed E-state index contributed by atoms with van der Waals surface area (Å²) in [4.78, 5) is 15.9. The van der Waals surface area contributed by atoms with Crippen LogP contribution in [0.2, 0.25) is 10.0 Å². The van der Waals surface area contributed by atoms with Crippen molar-refractivity contribution in [1.29, 1.82) is 0 Å². The van der Waals surface area contributed by atoms with Crippen LogP contribution in [0.1, 0.15) is 17.2 Å². The molecule has 0 amide bonds. The Balaban J connectivity index is 1.64. The predicted octanol–water partition coefficient (Wildman–Crippen LogP) is 5.22. The number of halogens is 2. The van der Waals surface area contributed by atoms with Crippen molar-refractivity contribution in [2.75, 3.05) is 18.4 Å². The number of carbonyl (C=O) groups excluding carboxylic acids is 1. The average Bonchev–Trinajstić information content (AvgIpc) is 3.03. The third-order valence-electron chi connectivity index (χ3n) is 4.60. The van der Waals surface area contributed by atoms with E-state index in [1.165, 1.54) is 19.2 Å². The number of hydrogen-bond donors (Lipinski definition) is 2. The highest BCUT2D eigenvalue weighted by molar-refractivity contribution is 7.98. The van der Waals surface area contributed by atoms with Gasteiger partial charge in [0.25, 0.3) is 0 Å². The van der Waals surface area contributed by atoms with Crippen LogP contribution in [-0.4, -0.2) is 28.9 Å². The summed E-state index contributed by atoms with van der Waals surface area (Å²) >= 11 is 13.8. The van der Waals surface area contributed by atoms with Crippen molar-refractivity contribution in [2.24, 2.45) is 0 Å². The van der Waals surface area contributed by atoms with Crippen LogP contribution in [-0.2, 0) is 16.1 Å². The van der Waals surface area contributed by atoms with Gasteiger partial charge >= 0.3 is 5.97 Å². The number of para-hydroxylation sites is 1. The molecule has 0 fully saturated rings. The number of fused-ring (bicyclic) bond motifs is 3. The fourth-order valence-corrected chi connectivity index (χ4v) is 4.60. The Hall–Kier alpha value is -1.86. The van der Waals surface area contributed by atoms with E-state index in [9.17, 15) is 4.79 Å². The first kappa shape index (κ1) is 18.5. The molecule has 1 unspecified atom stereocenters. The number of nitrogens with zero attached hydrogens (tertiary/aromatic N) is 1. The van der Waals surface area contributed by atoms with Gasteiger partial charge in [-0.1, -0.05) is 35.3 Å². The minimum Gasteiger partial charge on any atom is -0.469 e. The number of aromatic nitrogens is 1. The van der Waals surface area contributed by atoms with E-state index < -0.39 is 5.92 Å². The van der Waals surface area contributed by atoms with Crippen LogP contribution >= 0.6 is 35.3 Å². The number of H-pyrrole nitrogens is 1. The molecule has 0 aliphatic carbocycles. The second-order valence-electron chi connectivity index (χ2n) is 6.28. The normalized spacial score (nSPS) is 16.9. The van der Waals surface area contributed by atoms with E-state index in [4.69, 9.17) is 27.9 Å². The van der Waals surface area contributed by atoms with E-state index in [-0.39, 0.29) is 5.97 Å². The molecule has 8 heteroatoms. The molecule has 0 bridgehead atoms. The van der Waals surface area contributed by atoms with Gasteiger partial charge in [0.2, 0.25) is 0 Å². The molecule has 1 aromatic heterocycles. The number of methoxy groups -OCH3 is 1. The zero-order valence-electron chi connectivity index (χ0n) is 14.5. The molecule has 2 N–H and O–H groups in total. The number of rotatable bonds is 4. The lowest BCUT2D eigenvalue weighted by Gasteiger charge is -2.30. The number of hydrogen-bond acceptors (Lipinski definition) is 5. The van der Waals surface area contributed by atoms with Gasteiger partial charge in [-0.3, -0.25) is 4.79 Å². The predicted molar refractivity (Wildman–Crippen MR) is 111 cm³/mol. The lowest BCUT2D eigenvalue weighted by Crippen LogP contribution is -2.34. The van der Waals surface area contributed by atoms with Crippen LogP contribution < -0.4 is 4.72 Å². The van der Waals surface area contributed by atoms with Crippen LogP contribution in [0.15, 0.2) is 42.5 Å². The number of anilines is 1. The Morgan fingerprint density at radius 1 is 1.30 bits per heavy atom. The van der Waals surface area contributed by atoms with Gasteiger partial charge in [0.15, 0.2) is 0 Å². The van der Waals surface area contributed by atoms with Crippen molar-refractivity contribution >= 4 is 57.9 Å². The first-order chi connectivity index (χ1) is 13.1. The third kappa shape index (κ3) is 3.62. The molecule has 1 atom stereocenters. The summed E-state index contributed by atoms with van der Waals surface area (Å²) in [5.74, 6) is -0.660. The largest absolute Gasteiger partial charge is 0.469 e. The Kier molecular flexibility index (Phi) is 5.23.